The summed E-state index contributed by atoms with van der Waals surface area (Å²) in [4.78, 5) is 0. The van der Waals surface area contributed by atoms with Crippen molar-refractivity contribution in [2.24, 2.45) is 0 Å². The van der Waals surface area contributed by atoms with Gasteiger partial charge in [0, 0.05) is 24.4 Å². The number of methoxy groups -OCH3 is 1. The highest BCUT2D eigenvalue weighted by molar-refractivity contribution is 7.99. The predicted molar refractivity (Wildman–Crippen MR) is 68.6 cm³/mol. The van der Waals surface area contributed by atoms with Crippen molar-refractivity contribution in [3.05, 3.63) is 0 Å². The van der Waals surface area contributed by atoms with Gasteiger partial charge in [-0.3, -0.25) is 0 Å². The normalized spacial score (nSPS) is 28.0. The van der Waals surface area contributed by atoms with Crippen LogP contribution in [0.5, 0.6) is 0 Å². The topological polar surface area (TPSA) is 21.3 Å². The third-order valence-corrected chi connectivity index (χ3v) is 4.63. The molecule has 1 saturated carbocycles. The van der Waals surface area contributed by atoms with E-state index in [1.807, 2.05) is 18.9 Å². The van der Waals surface area contributed by atoms with E-state index < -0.39 is 0 Å². The van der Waals surface area contributed by atoms with E-state index in [1.54, 1.807) is 0 Å². The minimum absolute atomic E-state index is 0.359. The first-order valence-electron chi connectivity index (χ1n) is 5.89. The van der Waals surface area contributed by atoms with Crippen molar-refractivity contribution in [2.45, 2.75) is 56.4 Å². The van der Waals surface area contributed by atoms with Gasteiger partial charge in [-0.2, -0.15) is 11.8 Å². The Kier molecular flexibility index (Phi) is 5.44. The van der Waals surface area contributed by atoms with Gasteiger partial charge in [-0.25, -0.2) is 0 Å². The van der Waals surface area contributed by atoms with Crippen LogP contribution in [0.4, 0.5) is 0 Å². The molecular weight excluding hydrogens is 206 g/mol. The molecule has 0 radical (unpaired) electrons. The first-order valence-corrected chi connectivity index (χ1v) is 7.11. The van der Waals surface area contributed by atoms with Gasteiger partial charge in [-0.1, -0.05) is 0 Å². The van der Waals surface area contributed by atoms with Gasteiger partial charge in [0.15, 0.2) is 0 Å². The second-order valence-corrected chi connectivity index (χ2v) is 6.57. The molecule has 0 aromatic rings. The van der Waals surface area contributed by atoms with Crippen LogP contribution in [0.3, 0.4) is 0 Å². The summed E-state index contributed by atoms with van der Waals surface area (Å²) in [7, 11) is 1.83. The Hall–Kier alpha value is 0.270. The second kappa shape index (κ2) is 6.12. The summed E-state index contributed by atoms with van der Waals surface area (Å²) in [6.45, 7) is 5.70. The van der Waals surface area contributed by atoms with E-state index in [0.29, 0.717) is 16.9 Å². The Bertz CT molecular complexity index is 176. The standard InChI is InChI=1S/C12H25NOS/c1-12(2,15-4)9-13-10-5-7-11(14-3)8-6-10/h10-11,13H,5-9H2,1-4H3. The summed E-state index contributed by atoms with van der Waals surface area (Å²) < 4.78 is 5.73. The molecule has 15 heavy (non-hydrogen) atoms. The van der Waals surface area contributed by atoms with Crippen LogP contribution in [0.2, 0.25) is 0 Å². The van der Waals surface area contributed by atoms with E-state index in [1.165, 1.54) is 25.7 Å². The van der Waals surface area contributed by atoms with Crippen LogP contribution < -0.4 is 5.32 Å². The monoisotopic (exact) mass is 231 g/mol. The van der Waals surface area contributed by atoms with Gasteiger partial charge in [0.2, 0.25) is 0 Å². The molecule has 0 heterocycles. The molecule has 0 unspecified atom stereocenters. The van der Waals surface area contributed by atoms with Gasteiger partial charge >= 0.3 is 0 Å². The lowest BCUT2D eigenvalue weighted by molar-refractivity contribution is 0.0624. The molecule has 1 aliphatic carbocycles. The summed E-state index contributed by atoms with van der Waals surface area (Å²) in [6.07, 6.45) is 7.66. The molecule has 0 atom stereocenters. The maximum absolute atomic E-state index is 5.37. The average molecular weight is 231 g/mol. The minimum Gasteiger partial charge on any atom is -0.381 e. The predicted octanol–water partition coefficient (Wildman–Crippen LogP) is 2.68. The third kappa shape index (κ3) is 4.75. The van der Waals surface area contributed by atoms with Crippen LogP contribution in [0.15, 0.2) is 0 Å². The molecule has 0 amide bonds. The molecule has 1 N–H and O–H groups in total. The average Bonchev–Trinajstić information content (AvgIpc) is 2.27. The van der Waals surface area contributed by atoms with Crippen molar-refractivity contribution < 1.29 is 4.74 Å². The maximum Gasteiger partial charge on any atom is 0.0572 e. The van der Waals surface area contributed by atoms with Gasteiger partial charge in [-0.15, -0.1) is 0 Å². The molecule has 0 aromatic carbocycles. The first kappa shape index (κ1) is 13.3. The fourth-order valence-electron chi connectivity index (χ4n) is 1.96. The van der Waals surface area contributed by atoms with Gasteiger partial charge < -0.3 is 10.1 Å². The Morgan fingerprint density at radius 1 is 1.27 bits per heavy atom. The summed E-state index contributed by atoms with van der Waals surface area (Å²) in [5.74, 6) is 0. The summed E-state index contributed by atoms with van der Waals surface area (Å²) in [5, 5.41) is 3.68. The number of hydrogen-bond donors (Lipinski definition) is 1. The lowest BCUT2D eigenvalue weighted by atomic mass is 9.92. The molecular formula is C12H25NOS. The Balaban J connectivity index is 2.19. The molecule has 1 aliphatic rings. The zero-order chi connectivity index (χ0) is 11.3. The number of thioether (sulfide) groups is 1. The van der Waals surface area contributed by atoms with Crippen molar-refractivity contribution in [3.63, 3.8) is 0 Å². The fraction of sp³-hybridized carbons (Fsp3) is 1.00. The number of nitrogens with one attached hydrogen (secondary N) is 1. The molecule has 0 spiro atoms. The highest BCUT2D eigenvalue weighted by atomic mass is 32.2. The first-order chi connectivity index (χ1) is 7.07. The van der Waals surface area contributed by atoms with E-state index in [4.69, 9.17) is 4.74 Å². The fourth-order valence-corrected chi connectivity index (χ4v) is 2.19. The zero-order valence-corrected chi connectivity index (χ0v) is 11.3. The van der Waals surface area contributed by atoms with E-state index >= 15 is 0 Å². The van der Waals surface area contributed by atoms with Crippen molar-refractivity contribution in [2.75, 3.05) is 19.9 Å². The summed E-state index contributed by atoms with van der Waals surface area (Å²) >= 11 is 1.93. The number of rotatable bonds is 5. The van der Waals surface area contributed by atoms with Gasteiger partial charge in [0.1, 0.15) is 0 Å². The molecule has 0 aliphatic heterocycles. The van der Waals surface area contributed by atoms with Crippen LogP contribution in [-0.2, 0) is 4.74 Å². The smallest absolute Gasteiger partial charge is 0.0572 e. The number of ether oxygens (including phenoxy) is 1. The lowest BCUT2D eigenvalue weighted by Gasteiger charge is -2.31. The molecule has 3 heteroatoms. The molecule has 0 aromatic heterocycles. The minimum atomic E-state index is 0.359. The van der Waals surface area contributed by atoms with Crippen molar-refractivity contribution in [1.29, 1.82) is 0 Å². The van der Waals surface area contributed by atoms with Crippen LogP contribution >= 0.6 is 11.8 Å². The van der Waals surface area contributed by atoms with Gasteiger partial charge in [-0.05, 0) is 45.8 Å². The van der Waals surface area contributed by atoms with E-state index in [0.717, 1.165) is 6.54 Å². The van der Waals surface area contributed by atoms with Crippen molar-refractivity contribution in [1.82, 2.24) is 5.32 Å². The molecule has 0 bridgehead atoms. The second-order valence-electron chi connectivity index (χ2n) is 5.05. The maximum atomic E-state index is 5.37. The summed E-state index contributed by atoms with van der Waals surface area (Å²) in [6, 6.07) is 0.711. The highest BCUT2D eigenvalue weighted by Crippen LogP contribution is 2.23. The zero-order valence-electron chi connectivity index (χ0n) is 10.5. The van der Waals surface area contributed by atoms with Crippen molar-refractivity contribution >= 4 is 11.8 Å². The van der Waals surface area contributed by atoms with Crippen LogP contribution in [0.25, 0.3) is 0 Å². The quantitative estimate of drug-likeness (QED) is 0.786. The van der Waals surface area contributed by atoms with E-state index in [2.05, 4.69) is 25.4 Å². The molecule has 1 fully saturated rings. The van der Waals surface area contributed by atoms with Crippen LogP contribution in [0.1, 0.15) is 39.5 Å². The van der Waals surface area contributed by atoms with Crippen molar-refractivity contribution in [3.8, 4) is 0 Å². The SMILES string of the molecule is COC1CCC(NCC(C)(C)SC)CC1. The van der Waals surface area contributed by atoms with E-state index in [9.17, 15) is 0 Å². The Morgan fingerprint density at radius 3 is 2.33 bits per heavy atom. The molecule has 0 saturated heterocycles. The Morgan fingerprint density at radius 2 is 1.87 bits per heavy atom. The summed E-state index contributed by atoms with van der Waals surface area (Å²) in [5.41, 5.74) is 0. The van der Waals surface area contributed by atoms with Gasteiger partial charge in [0.25, 0.3) is 0 Å². The van der Waals surface area contributed by atoms with Crippen LogP contribution in [0, 0.1) is 0 Å². The van der Waals surface area contributed by atoms with Crippen LogP contribution in [-0.4, -0.2) is 36.8 Å². The van der Waals surface area contributed by atoms with Gasteiger partial charge in [0.05, 0.1) is 6.10 Å². The third-order valence-electron chi connectivity index (χ3n) is 3.38. The molecule has 90 valence electrons. The largest absolute Gasteiger partial charge is 0.381 e. The lowest BCUT2D eigenvalue weighted by Crippen LogP contribution is -2.41. The highest BCUT2D eigenvalue weighted by Gasteiger charge is 2.23. The molecule has 2 nitrogen and oxygen atoms in total. The molecule has 1 rings (SSSR count). The Labute approximate surface area is 98.5 Å². The number of hydrogen-bond acceptors (Lipinski definition) is 3. The van der Waals surface area contributed by atoms with E-state index in [-0.39, 0.29) is 0 Å².